The van der Waals surface area contributed by atoms with Gasteiger partial charge in [-0.05, 0) is 43.1 Å². The number of hydrogen-bond donors (Lipinski definition) is 1. The van der Waals surface area contributed by atoms with Crippen LogP contribution in [-0.2, 0) is 11.3 Å². The Morgan fingerprint density at radius 3 is 3.00 bits per heavy atom. The summed E-state index contributed by atoms with van der Waals surface area (Å²) in [5.41, 5.74) is 2.01. The molecule has 1 saturated heterocycles. The minimum absolute atomic E-state index is 0.147. The molecule has 1 N–H and O–H groups in total. The Balaban J connectivity index is 2.00. The van der Waals surface area contributed by atoms with Gasteiger partial charge in [0.15, 0.2) is 0 Å². The molecule has 0 amide bonds. The van der Waals surface area contributed by atoms with Crippen molar-refractivity contribution in [1.82, 2.24) is 5.32 Å². The van der Waals surface area contributed by atoms with Gasteiger partial charge in [-0.3, -0.25) is 0 Å². The van der Waals surface area contributed by atoms with Crippen molar-refractivity contribution in [3.05, 3.63) is 29.6 Å². The molecule has 1 aromatic rings. The molecule has 0 bridgehead atoms. The second-order valence-electron chi connectivity index (χ2n) is 5.55. The van der Waals surface area contributed by atoms with Crippen LogP contribution in [0.5, 0.6) is 0 Å². The summed E-state index contributed by atoms with van der Waals surface area (Å²) in [5.74, 6) is 0.413. The molecule has 0 radical (unpaired) electrons. The zero-order valence-electron chi connectivity index (χ0n) is 12.5. The summed E-state index contributed by atoms with van der Waals surface area (Å²) in [6.07, 6.45) is 2.21. The minimum atomic E-state index is -0.147. The van der Waals surface area contributed by atoms with Gasteiger partial charge in [0, 0.05) is 38.3 Å². The topological polar surface area (TPSA) is 24.5 Å². The lowest BCUT2D eigenvalue weighted by molar-refractivity contribution is 0.161. The molecule has 3 nitrogen and oxygen atoms in total. The highest BCUT2D eigenvalue weighted by Crippen LogP contribution is 2.25. The van der Waals surface area contributed by atoms with Crippen molar-refractivity contribution in [3.63, 3.8) is 0 Å². The Morgan fingerprint density at radius 2 is 2.25 bits per heavy atom. The number of nitrogens with one attached hydrogen (secondary N) is 1. The fourth-order valence-corrected chi connectivity index (χ4v) is 2.77. The fourth-order valence-electron chi connectivity index (χ4n) is 2.77. The Morgan fingerprint density at radius 1 is 1.40 bits per heavy atom. The van der Waals surface area contributed by atoms with Crippen molar-refractivity contribution < 1.29 is 9.13 Å². The van der Waals surface area contributed by atoms with Crippen molar-refractivity contribution in [2.75, 3.05) is 38.3 Å². The van der Waals surface area contributed by atoms with Gasteiger partial charge in [0.25, 0.3) is 0 Å². The molecule has 1 aliphatic rings. The third-order valence-corrected chi connectivity index (χ3v) is 3.75. The van der Waals surface area contributed by atoms with Gasteiger partial charge in [0.2, 0.25) is 0 Å². The molecule has 0 spiro atoms. The summed E-state index contributed by atoms with van der Waals surface area (Å²) in [6.45, 7) is 6.55. The van der Waals surface area contributed by atoms with E-state index in [-0.39, 0.29) is 5.82 Å². The molecule has 1 aliphatic heterocycles. The van der Waals surface area contributed by atoms with E-state index in [0.717, 1.165) is 56.9 Å². The summed E-state index contributed by atoms with van der Waals surface area (Å²) < 4.78 is 19.0. The molecule has 1 aromatic carbocycles. The van der Waals surface area contributed by atoms with E-state index < -0.39 is 0 Å². The van der Waals surface area contributed by atoms with Crippen LogP contribution < -0.4 is 10.2 Å². The van der Waals surface area contributed by atoms with Crippen LogP contribution in [-0.4, -0.2) is 33.4 Å². The summed E-state index contributed by atoms with van der Waals surface area (Å²) in [5, 5.41) is 3.32. The van der Waals surface area contributed by atoms with Gasteiger partial charge in [-0.25, -0.2) is 4.39 Å². The molecule has 1 unspecified atom stereocenters. The molecule has 0 saturated carbocycles. The first-order valence-corrected chi connectivity index (χ1v) is 7.47. The zero-order valence-corrected chi connectivity index (χ0v) is 12.5. The first kappa shape index (κ1) is 15.3. The van der Waals surface area contributed by atoms with Crippen molar-refractivity contribution in [1.29, 1.82) is 0 Å². The van der Waals surface area contributed by atoms with E-state index in [1.807, 2.05) is 0 Å². The largest absolute Gasteiger partial charge is 0.384 e. The van der Waals surface area contributed by atoms with Crippen LogP contribution in [0, 0.1) is 11.7 Å². The Hall–Kier alpha value is -1.13. The van der Waals surface area contributed by atoms with E-state index in [0.29, 0.717) is 5.92 Å². The summed E-state index contributed by atoms with van der Waals surface area (Å²) in [6, 6.07) is 5.36. The smallest absolute Gasteiger partial charge is 0.125 e. The number of methoxy groups -OCH3 is 1. The lowest BCUT2D eigenvalue weighted by Crippen LogP contribution is -2.21. The number of anilines is 1. The standard InChI is InChI=1S/C16H25FN2O/c1-3-5-18-10-14-7-15(17)9-16(8-14)19-6-4-13(11-19)12-20-2/h7-9,13,18H,3-6,10-12H2,1-2H3. The average molecular weight is 280 g/mol. The fraction of sp³-hybridized carbons (Fsp3) is 0.625. The number of rotatable bonds is 7. The second-order valence-corrected chi connectivity index (χ2v) is 5.55. The van der Waals surface area contributed by atoms with Gasteiger partial charge in [0.05, 0.1) is 6.61 Å². The molecule has 1 fully saturated rings. The van der Waals surface area contributed by atoms with Crippen LogP contribution in [0.2, 0.25) is 0 Å². The predicted molar refractivity (Wildman–Crippen MR) is 80.6 cm³/mol. The maximum Gasteiger partial charge on any atom is 0.125 e. The average Bonchev–Trinajstić information content (AvgIpc) is 2.88. The normalized spacial score (nSPS) is 18.8. The lowest BCUT2D eigenvalue weighted by Gasteiger charge is -2.20. The maximum atomic E-state index is 13.8. The quantitative estimate of drug-likeness (QED) is 0.777. The van der Waals surface area contributed by atoms with Gasteiger partial charge < -0.3 is 15.0 Å². The van der Waals surface area contributed by atoms with Gasteiger partial charge in [-0.15, -0.1) is 0 Å². The SMILES string of the molecule is CCCNCc1cc(F)cc(N2CCC(COC)C2)c1. The third-order valence-electron chi connectivity index (χ3n) is 3.75. The first-order valence-electron chi connectivity index (χ1n) is 7.47. The van der Waals surface area contributed by atoms with Crippen LogP contribution in [0.1, 0.15) is 25.3 Å². The molecule has 1 atom stereocenters. The highest BCUT2D eigenvalue weighted by molar-refractivity contribution is 5.50. The van der Waals surface area contributed by atoms with Crippen molar-refractivity contribution >= 4 is 5.69 Å². The number of benzene rings is 1. The van der Waals surface area contributed by atoms with Crippen molar-refractivity contribution in [2.24, 2.45) is 5.92 Å². The van der Waals surface area contributed by atoms with E-state index in [1.54, 1.807) is 19.2 Å². The minimum Gasteiger partial charge on any atom is -0.384 e. The molecule has 1 heterocycles. The van der Waals surface area contributed by atoms with Gasteiger partial charge in [-0.2, -0.15) is 0 Å². The third kappa shape index (κ3) is 4.18. The maximum absolute atomic E-state index is 13.8. The van der Waals surface area contributed by atoms with Crippen LogP contribution in [0.3, 0.4) is 0 Å². The van der Waals surface area contributed by atoms with Crippen LogP contribution in [0.15, 0.2) is 18.2 Å². The Bertz CT molecular complexity index is 425. The molecular formula is C16H25FN2O. The highest BCUT2D eigenvalue weighted by Gasteiger charge is 2.23. The Kier molecular flexibility index (Phi) is 5.80. The highest BCUT2D eigenvalue weighted by atomic mass is 19.1. The van der Waals surface area contributed by atoms with E-state index in [2.05, 4.69) is 23.2 Å². The van der Waals surface area contributed by atoms with Crippen LogP contribution in [0.25, 0.3) is 0 Å². The zero-order chi connectivity index (χ0) is 14.4. The van der Waals surface area contributed by atoms with Gasteiger partial charge in [0.1, 0.15) is 5.82 Å². The summed E-state index contributed by atoms with van der Waals surface area (Å²) >= 11 is 0. The van der Waals surface area contributed by atoms with Crippen molar-refractivity contribution in [3.8, 4) is 0 Å². The monoisotopic (exact) mass is 280 g/mol. The number of ether oxygens (including phenoxy) is 1. The number of halogens is 1. The molecular weight excluding hydrogens is 255 g/mol. The summed E-state index contributed by atoms with van der Waals surface area (Å²) in [7, 11) is 1.74. The molecule has 0 aromatic heterocycles. The molecule has 0 aliphatic carbocycles. The van der Waals surface area contributed by atoms with E-state index >= 15 is 0 Å². The number of hydrogen-bond acceptors (Lipinski definition) is 3. The van der Waals surface area contributed by atoms with E-state index in [4.69, 9.17) is 4.74 Å². The first-order chi connectivity index (χ1) is 9.72. The molecule has 20 heavy (non-hydrogen) atoms. The second kappa shape index (κ2) is 7.60. The van der Waals surface area contributed by atoms with Gasteiger partial charge >= 0.3 is 0 Å². The van der Waals surface area contributed by atoms with Crippen LogP contribution in [0.4, 0.5) is 10.1 Å². The summed E-state index contributed by atoms with van der Waals surface area (Å²) in [4.78, 5) is 2.26. The lowest BCUT2D eigenvalue weighted by atomic mass is 10.1. The van der Waals surface area contributed by atoms with E-state index in [9.17, 15) is 4.39 Å². The molecule has 112 valence electrons. The van der Waals surface area contributed by atoms with Gasteiger partial charge in [-0.1, -0.05) is 6.92 Å². The van der Waals surface area contributed by atoms with E-state index in [1.165, 1.54) is 0 Å². The van der Waals surface area contributed by atoms with Crippen molar-refractivity contribution in [2.45, 2.75) is 26.3 Å². The molecule has 4 heteroatoms. The molecule has 2 rings (SSSR count). The Labute approximate surface area is 121 Å². The number of nitrogens with zero attached hydrogens (tertiary/aromatic N) is 1. The van der Waals surface area contributed by atoms with Crippen LogP contribution >= 0.6 is 0 Å². The predicted octanol–water partition coefficient (Wildman–Crippen LogP) is 2.80.